The molecule has 4 aromatic rings. The predicted molar refractivity (Wildman–Crippen MR) is 153 cm³/mol. The Labute approximate surface area is 233 Å². The topological polar surface area (TPSA) is 92.8 Å². The van der Waals surface area contributed by atoms with Gasteiger partial charge in [0.05, 0.1) is 28.2 Å². The van der Waals surface area contributed by atoms with Crippen LogP contribution in [-0.2, 0) is 17.6 Å². The number of fused-ring (bicyclic) bond motifs is 1. The quantitative estimate of drug-likeness (QED) is 0.209. The number of carbonyl (C=O) groups excluding carboxylic acids is 2. The average Bonchev–Trinajstić information content (AvgIpc) is 3.41. The summed E-state index contributed by atoms with van der Waals surface area (Å²) in [7, 11) is 0. The van der Waals surface area contributed by atoms with Gasteiger partial charge in [0.15, 0.2) is 11.6 Å². The molecule has 2 atom stereocenters. The lowest BCUT2D eigenvalue weighted by Gasteiger charge is -2.26. The van der Waals surface area contributed by atoms with Crippen LogP contribution in [0.25, 0.3) is 0 Å². The maximum Gasteiger partial charge on any atom is 0.168 e. The number of allylic oxidation sites excluding steroid dienone is 2. The van der Waals surface area contributed by atoms with Gasteiger partial charge in [-0.25, -0.2) is 0 Å². The molecule has 1 aromatic heterocycles. The van der Waals surface area contributed by atoms with Gasteiger partial charge in [-0.2, -0.15) is 0 Å². The number of aliphatic hydroxyl groups is 1. The van der Waals surface area contributed by atoms with E-state index in [1.165, 1.54) is 0 Å². The number of hydrogen-bond donors (Lipinski definition) is 1. The molecule has 0 bridgehead atoms. The molecule has 1 heterocycles. The zero-order chi connectivity index (χ0) is 27.5. The molecule has 1 saturated carbocycles. The molecule has 1 fully saturated rings. The molecule has 1 N–H and O–H groups in total. The Morgan fingerprint density at radius 1 is 0.775 bits per heavy atom. The molecule has 2 aliphatic rings. The number of aliphatic imine (C=N–C) groups is 1. The van der Waals surface area contributed by atoms with Crippen molar-refractivity contribution >= 4 is 23.0 Å². The van der Waals surface area contributed by atoms with Crippen LogP contribution < -0.4 is 0 Å². The minimum Gasteiger partial charge on any atom is -0.511 e. The summed E-state index contributed by atoms with van der Waals surface area (Å²) in [6, 6.07) is 29.4. The lowest BCUT2D eigenvalue weighted by atomic mass is 9.78. The van der Waals surface area contributed by atoms with Crippen molar-refractivity contribution in [1.82, 2.24) is 5.16 Å². The zero-order valence-corrected chi connectivity index (χ0v) is 22.1. The maximum absolute atomic E-state index is 13.5. The number of aromatic nitrogens is 1. The molecule has 0 amide bonds. The fourth-order valence-corrected chi connectivity index (χ4v) is 5.88. The molecule has 0 aliphatic heterocycles. The third kappa shape index (κ3) is 5.30. The molecular weight excluding hydrogens is 500 g/mol. The normalized spacial score (nSPS) is 21.4. The van der Waals surface area contributed by atoms with E-state index in [4.69, 9.17) is 9.52 Å². The van der Waals surface area contributed by atoms with Crippen LogP contribution in [0.1, 0.15) is 70.5 Å². The maximum atomic E-state index is 13.5. The van der Waals surface area contributed by atoms with E-state index < -0.39 is 0 Å². The monoisotopic (exact) mass is 530 g/mol. The lowest BCUT2D eigenvalue weighted by molar-refractivity contribution is -0.116. The van der Waals surface area contributed by atoms with Gasteiger partial charge in [0.2, 0.25) is 0 Å². The van der Waals surface area contributed by atoms with Crippen LogP contribution in [0.5, 0.6) is 0 Å². The van der Waals surface area contributed by atoms with Crippen molar-refractivity contribution in [3.63, 3.8) is 0 Å². The zero-order valence-electron chi connectivity index (χ0n) is 22.1. The van der Waals surface area contributed by atoms with Crippen LogP contribution in [0.3, 0.4) is 0 Å². The van der Waals surface area contributed by atoms with Gasteiger partial charge >= 0.3 is 0 Å². The fraction of sp³-hybridized carbons (Fsp3) is 0.235. The predicted octanol–water partition coefficient (Wildman–Crippen LogP) is 7.25. The number of aliphatic hydroxyl groups excluding tert-OH is 1. The molecule has 0 saturated heterocycles. The molecule has 200 valence electrons. The van der Waals surface area contributed by atoms with Crippen LogP contribution in [0.2, 0.25) is 0 Å². The highest BCUT2D eigenvalue weighted by Crippen LogP contribution is 2.37. The molecule has 6 heteroatoms. The highest BCUT2D eigenvalue weighted by atomic mass is 16.5. The summed E-state index contributed by atoms with van der Waals surface area (Å²) in [6.07, 6.45) is 2.31. The Hall–Kier alpha value is -4.58. The van der Waals surface area contributed by atoms with Crippen molar-refractivity contribution in [2.75, 3.05) is 0 Å². The van der Waals surface area contributed by atoms with Gasteiger partial charge in [0, 0.05) is 32.1 Å². The van der Waals surface area contributed by atoms with Gasteiger partial charge in [-0.3, -0.25) is 14.6 Å². The summed E-state index contributed by atoms with van der Waals surface area (Å²) >= 11 is 0. The number of benzene rings is 3. The molecule has 6 rings (SSSR count). The first kappa shape index (κ1) is 25.7. The fourth-order valence-electron chi connectivity index (χ4n) is 5.88. The van der Waals surface area contributed by atoms with Crippen molar-refractivity contribution in [2.45, 2.75) is 50.4 Å². The Balaban J connectivity index is 1.25. The Kier molecular flexibility index (Phi) is 7.23. The third-order valence-corrected chi connectivity index (χ3v) is 7.86. The molecule has 0 radical (unpaired) electrons. The molecule has 2 unspecified atom stereocenters. The molecule has 0 spiro atoms. The molecule has 2 aliphatic carbocycles. The number of para-hydroxylation sites is 1. The molecule has 3 aromatic carbocycles. The number of ketones is 2. The standard InChI is InChI=1S/C34H30N2O4/c37-29(17-16-27-34-31(39)20-25(21-32(34)40-36-27)23-12-6-2-7-13-23)33-28(35-26-14-8-3-9-15-26)18-24(19-30(33)38)22-10-4-1-5-11-22/h1-15,24-25,37H,16-21H2/b33-29+,35-28?. The van der Waals surface area contributed by atoms with Crippen molar-refractivity contribution < 1.29 is 19.2 Å². The average molecular weight is 531 g/mol. The smallest absolute Gasteiger partial charge is 0.168 e. The summed E-state index contributed by atoms with van der Waals surface area (Å²) in [5.74, 6) is 0.504. The van der Waals surface area contributed by atoms with Gasteiger partial charge in [0.1, 0.15) is 11.5 Å². The number of aryl methyl sites for hydroxylation is 1. The Bertz CT molecular complexity index is 1590. The van der Waals surface area contributed by atoms with E-state index in [0.717, 1.165) is 16.8 Å². The lowest BCUT2D eigenvalue weighted by Crippen LogP contribution is -2.26. The van der Waals surface area contributed by atoms with Gasteiger partial charge in [0.25, 0.3) is 0 Å². The summed E-state index contributed by atoms with van der Waals surface area (Å²) in [4.78, 5) is 31.4. The van der Waals surface area contributed by atoms with Gasteiger partial charge in [-0.05, 0) is 41.5 Å². The summed E-state index contributed by atoms with van der Waals surface area (Å²) in [5.41, 5.74) is 4.84. The van der Waals surface area contributed by atoms with Crippen LogP contribution in [0.15, 0.2) is 112 Å². The van der Waals surface area contributed by atoms with Crippen LogP contribution >= 0.6 is 0 Å². The van der Waals surface area contributed by atoms with E-state index in [1.54, 1.807) is 0 Å². The number of hydrogen-bond acceptors (Lipinski definition) is 6. The van der Waals surface area contributed by atoms with Gasteiger partial charge in [-0.1, -0.05) is 84.0 Å². The molecule has 40 heavy (non-hydrogen) atoms. The second-order valence-corrected chi connectivity index (χ2v) is 10.5. The van der Waals surface area contributed by atoms with E-state index in [9.17, 15) is 14.7 Å². The van der Waals surface area contributed by atoms with E-state index in [-0.39, 0.29) is 41.2 Å². The van der Waals surface area contributed by atoms with Crippen LogP contribution in [-0.4, -0.2) is 27.5 Å². The molecular formula is C34H30N2O4. The van der Waals surface area contributed by atoms with E-state index in [2.05, 4.69) is 5.16 Å². The van der Waals surface area contributed by atoms with Crippen LogP contribution in [0, 0.1) is 0 Å². The van der Waals surface area contributed by atoms with E-state index in [0.29, 0.717) is 54.8 Å². The SMILES string of the molecule is O=C1CC(c2ccccc2)CC(=Nc2ccccc2)/C1=C(\O)CCc1noc2c1C(=O)CC(c1ccccc1)C2. The first-order chi connectivity index (χ1) is 19.6. The van der Waals surface area contributed by atoms with Gasteiger partial charge in [-0.15, -0.1) is 0 Å². The highest BCUT2D eigenvalue weighted by molar-refractivity contribution is 6.25. The Morgan fingerprint density at radius 2 is 1.35 bits per heavy atom. The van der Waals surface area contributed by atoms with Crippen molar-refractivity contribution in [3.05, 3.63) is 130 Å². The summed E-state index contributed by atoms with van der Waals surface area (Å²) in [5, 5.41) is 15.5. The van der Waals surface area contributed by atoms with E-state index in [1.807, 2.05) is 91.0 Å². The second kappa shape index (κ2) is 11.3. The number of Topliss-reactive ketones (excluding diaryl/α,β-unsaturated/α-hetero) is 2. The molecule has 6 nitrogen and oxygen atoms in total. The largest absolute Gasteiger partial charge is 0.511 e. The van der Waals surface area contributed by atoms with E-state index >= 15 is 0 Å². The number of nitrogens with zero attached hydrogens (tertiary/aromatic N) is 2. The summed E-state index contributed by atoms with van der Waals surface area (Å²) < 4.78 is 5.61. The highest BCUT2D eigenvalue weighted by Gasteiger charge is 2.34. The first-order valence-corrected chi connectivity index (χ1v) is 13.8. The minimum atomic E-state index is -0.128. The third-order valence-electron chi connectivity index (χ3n) is 7.86. The van der Waals surface area contributed by atoms with Crippen molar-refractivity contribution in [1.29, 1.82) is 0 Å². The Morgan fingerprint density at radius 3 is 2.00 bits per heavy atom. The van der Waals surface area contributed by atoms with Gasteiger partial charge < -0.3 is 9.63 Å². The van der Waals surface area contributed by atoms with Crippen molar-refractivity contribution in [3.8, 4) is 0 Å². The number of rotatable bonds is 6. The van der Waals surface area contributed by atoms with Crippen molar-refractivity contribution in [2.24, 2.45) is 4.99 Å². The first-order valence-electron chi connectivity index (χ1n) is 13.8. The van der Waals surface area contributed by atoms with Crippen LogP contribution in [0.4, 0.5) is 5.69 Å². The number of carbonyl (C=O) groups is 2. The summed E-state index contributed by atoms with van der Waals surface area (Å²) in [6.45, 7) is 0. The second-order valence-electron chi connectivity index (χ2n) is 10.5. The minimum absolute atomic E-state index is 0.00395.